The third kappa shape index (κ3) is 3.21. The van der Waals surface area contributed by atoms with Gasteiger partial charge in [0.05, 0.1) is 24.0 Å². The van der Waals surface area contributed by atoms with Gasteiger partial charge in [-0.05, 0) is 44.7 Å². The third-order valence-electron chi connectivity index (χ3n) is 5.48. The number of rotatable bonds is 3. The zero-order valence-corrected chi connectivity index (χ0v) is 15.6. The van der Waals surface area contributed by atoms with Gasteiger partial charge in [-0.1, -0.05) is 0 Å². The van der Waals surface area contributed by atoms with E-state index in [1.807, 2.05) is 28.4 Å². The van der Waals surface area contributed by atoms with Crippen molar-refractivity contribution in [1.29, 1.82) is 0 Å². The number of hydrogen-bond donors (Lipinski definition) is 0. The summed E-state index contributed by atoms with van der Waals surface area (Å²) in [4.78, 5) is 26.3. The standard InChI is InChI=1S/C19H24N4OS/c1-15-5-6-17(25-15)11-22-9-7-19(13-22)14-23(18(24)12-21(19)2)16-4-3-8-20-10-16/h3-6,8,10H,7,9,11-14H2,1-2H3/t19-/m0/s1. The first-order chi connectivity index (χ1) is 12.1. The first-order valence-corrected chi connectivity index (χ1v) is 9.57. The molecule has 0 saturated carbocycles. The predicted octanol–water partition coefficient (Wildman–Crippen LogP) is 2.37. The van der Waals surface area contributed by atoms with E-state index >= 15 is 0 Å². The van der Waals surface area contributed by atoms with E-state index < -0.39 is 0 Å². The van der Waals surface area contributed by atoms with Gasteiger partial charge < -0.3 is 4.90 Å². The van der Waals surface area contributed by atoms with E-state index in [0.717, 1.165) is 38.3 Å². The molecule has 5 nitrogen and oxygen atoms in total. The van der Waals surface area contributed by atoms with Gasteiger partial charge in [-0.2, -0.15) is 0 Å². The molecule has 0 aliphatic carbocycles. The van der Waals surface area contributed by atoms with Crippen LogP contribution in [-0.2, 0) is 11.3 Å². The fourth-order valence-corrected chi connectivity index (χ4v) is 4.95. The van der Waals surface area contributed by atoms with Crippen molar-refractivity contribution in [2.75, 3.05) is 38.1 Å². The van der Waals surface area contributed by atoms with Gasteiger partial charge in [0.15, 0.2) is 0 Å². The zero-order chi connectivity index (χ0) is 17.4. The van der Waals surface area contributed by atoms with Crippen molar-refractivity contribution in [3.8, 4) is 0 Å². The number of anilines is 1. The Kier molecular flexibility index (Phi) is 4.35. The van der Waals surface area contributed by atoms with Crippen molar-refractivity contribution in [2.24, 2.45) is 0 Å². The summed E-state index contributed by atoms with van der Waals surface area (Å²) in [6, 6.07) is 8.31. The maximum atomic E-state index is 12.6. The number of aromatic nitrogens is 1. The molecule has 0 unspecified atom stereocenters. The molecule has 4 rings (SSSR count). The van der Waals surface area contributed by atoms with Gasteiger partial charge in [0.25, 0.3) is 0 Å². The number of hydrogen-bond acceptors (Lipinski definition) is 5. The quantitative estimate of drug-likeness (QED) is 0.847. The third-order valence-corrected chi connectivity index (χ3v) is 6.47. The number of nitrogens with zero attached hydrogens (tertiary/aromatic N) is 4. The molecular formula is C19H24N4OS. The van der Waals surface area contributed by atoms with Crippen LogP contribution in [0.3, 0.4) is 0 Å². The fraction of sp³-hybridized carbons (Fsp3) is 0.474. The van der Waals surface area contributed by atoms with Crippen molar-refractivity contribution in [3.05, 3.63) is 46.4 Å². The minimum atomic E-state index is 0.0378. The lowest BCUT2D eigenvalue weighted by Crippen LogP contribution is -2.64. The number of pyridine rings is 1. The summed E-state index contributed by atoms with van der Waals surface area (Å²) in [5.41, 5.74) is 0.947. The Morgan fingerprint density at radius 3 is 2.88 bits per heavy atom. The highest BCUT2D eigenvalue weighted by Crippen LogP contribution is 2.34. The highest BCUT2D eigenvalue weighted by Gasteiger charge is 2.47. The second-order valence-corrected chi connectivity index (χ2v) is 8.62. The van der Waals surface area contributed by atoms with Gasteiger partial charge in [0, 0.05) is 42.1 Å². The molecule has 0 bridgehead atoms. The number of piperazine rings is 1. The van der Waals surface area contributed by atoms with E-state index in [9.17, 15) is 4.79 Å². The van der Waals surface area contributed by atoms with Crippen LogP contribution in [0.25, 0.3) is 0 Å². The van der Waals surface area contributed by atoms with Crippen molar-refractivity contribution < 1.29 is 4.79 Å². The van der Waals surface area contributed by atoms with Crippen molar-refractivity contribution >= 4 is 22.9 Å². The molecule has 0 radical (unpaired) electrons. The molecule has 0 aromatic carbocycles. The lowest BCUT2D eigenvalue weighted by Gasteiger charge is -2.46. The van der Waals surface area contributed by atoms with Gasteiger partial charge in [0.2, 0.25) is 5.91 Å². The Bertz CT molecular complexity index is 762. The number of carbonyl (C=O) groups excluding carboxylic acids is 1. The predicted molar refractivity (Wildman–Crippen MR) is 101 cm³/mol. The molecule has 1 atom stereocenters. The van der Waals surface area contributed by atoms with E-state index in [2.05, 4.69) is 40.9 Å². The van der Waals surface area contributed by atoms with E-state index in [1.165, 1.54) is 9.75 Å². The summed E-state index contributed by atoms with van der Waals surface area (Å²) in [5, 5.41) is 0. The van der Waals surface area contributed by atoms with Crippen LogP contribution in [0.2, 0.25) is 0 Å². The molecule has 2 aliphatic heterocycles. The molecule has 25 heavy (non-hydrogen) atoms. The van der Waals surface area contributed by atoms with Gasteiger partial charge in [-0.15, -0.1) is 11.3 Å². The van der Waals surface area contributed by atoms with E-state index in [1.54, 1.807) is 12.4 Å². The zero-order valence-electron chi connectivity index (χ0n) is 14.8. The summed E-state index contributed by atoms with van der Waals surface area (Å²) in [6.45, 7) is 6.47. The molecule has 1 spiro atoms. The highest BCUT2D eigenvalue weighted by atomic mass is 32.1. The van der Waals surface area contributed by atoms with Crippen LogP contribution in [0, 0.1) is 6.92 Å². The summed E-state index contributed by atoms with van der Waals surface area (Å²) >= 11 is 1.88. The first-order valence-electron chi connectivity index (χ1n) is 8.75. The average Bonchev–Trinajstić information content (AvgIpc) is 3.20. The molecule has 2 fully saturated rings. The number of aryl methyl sites for hydroxylation is 1. The van der Waals surface area contributed by atoms with Gasteiger partial charge in [-0.25, -0.2) is 0 Å². The highest BCUT2D eigenvalue weighted by molar-refractivity contribution is 7.11. The Hall–Kier alpha value is -1.76. The van der Waals surface area contributed by atoms with Gasteiger partial charge in [-0.3, -0.25) is 19.6 Å². The number of likely N-dealkylation sites (N-methyl/N-ethyl adjacent to an activating group) is 1. The normalized spacial score (nSPS) is 25.2. The molecule has 2 saturated heterocycles. The molecule has 1 amide bonds. The average molecular weight is 356 g/mol. The molecule has 132 valence electrons. The Labute approximate surface area is 152 Å². The molecule has 2 aliphatic rings. The summed E-state index contributed by atoms with van der Waals surface area (Å²) in [6.07, 6.45) is 4.64. The van der Waals surface area contributed by atoms with Crippen LogP contribution in [0.4, 0.5) is 5.69 Å². The number of thiophene rings is 1. The smallest absolute Gasteiger partial charge is 0.241 e. The molecular weight excluding hydrogens is 332 g/mol. The van der Waals surface area contributed by atoms with E-state index in [4.69, 9.17) is 0 Å². The molecule has 2 aromatic heterocycles. The fourth-order valence-electron chi connectivity index (χ4n) is 4.01. The summed E-state index contributed by atoms with van der Waals surface area (Å²) < 4.78 is 0. The Morgan fingerprint density at radius 2 is 2.16 bits per heavy atom. The van der Waals surface area contributed by atoms with Crippen LogP contribution in [0.5, 0.6) is 0 Å². The van der Waals surface area contributed by atoms with E-state index in [-0.39, 0.29) is 11.4 Å². The maximum absolute atomic E-state index is 12.6. The SMILES string of the molecule is Cc1ccc(CN2CC[C@]3(C2)CN(c2cccnc2)C(=O)CN3C)s1. The monoisotopic (exact) mass is 356 g/mol. The second-order valence-electron chi connectivity index (χ2n) is 7.24. The first kappa shape index (κ1) is 16.7. The molecule has 6 heteroatoms. The second kappa shape index (κ2) is 6.52. The minimum Gasteiger partial charge on any atom is -0.308 e. The molecule has 2 aromatic rings. The van der Waals surface area contributed by atoms with E-state index in [0.29, 0.717) is 6.54 Å². The van der Waals surface area contributed by atoms with Crippen molar-refractivity contribution in [3.63, 3.8) is 0 Å². The number of amides is 1. The lowest BCUT2D eigenvalue weighted by atomic mass is 9.92. The van der Waals surface area contributed by atoms with Crippen LogP contribution in [0.15, 0.2) is 36.7 Å². The van der Waals surface area contributed by atoms with Crippen LogP contribution >= 0.6 is 11.3 Å². The molecule has 4 heterocycles. The summed E-state index contributed by atoms with van der Waals surface area (Å²) in [5.74, 6) is 0.161. The minimum absolute atomic E-state index is 0.0378. The number of likely N-dealkylation sites (tertiary alicyclic amines) is 1. The number of carbonyl (C=O) groups is 1. The van der Waals surface area contributed by atoms with Crippen LogP contribution in [-0.4, -0.2) is 59.5 Å². The molecule has 0 N–H and O–H groups in total. The largest absolute Gasteiger partial charge is 0.308 e. The lowest BCUT2D eigenvalue weighted by molar-refractivity contribution is -0.123. The Morgan fingerprint density at radius 1 is 1.28 bits per heavy atom. The summed E-state index contributed by atoms with van der Waals surface area (Å²) in [7, 11) is 2.09. The topological polar surface area (TPSA) is 39.7 Å². The van der Waals surface area contributed by atoms with Crippen molar-refractivity contribution in [2.45, 2.75) is 25.4 Å². The van der Waals surface area contributed by atoms with Gasteiger partial charge in [0.1, 0.15) is 0 Å². The Balaban J connectivity index is 1.51. The van der Waals surface area contributed by atoms with Crippen LogP contribution in [0.1, 0.15) is 16.2 Å². The maximum Gasteiger partial charge on any atom is 0.241 e. The van der Waals surface area contributed by atoms with Crippen LogP contribution < -0.4 is 4.90 Å². The van der Waals surface area contributed by atoms with Crippen molar-refractivity contribution in [1.82, 2.24) is 14.8 Å². The van der Waals surface area contributed by atoms with Gasteiger partial charge >= 0.3 is 0 Å².